The van der Waals surface area contributed by atoms with E-state index in [0.29, 0.717) is 6.61 Å². The summed E-state index contributed by atoms with van der Waals surface area (Å²) in [6.07, 6.45) is 3.81. The molecule has 0 aromatic rings. The van der Waals surface area contributed by atoms with E-state index in [-0.39, 0.29) is 18.7 Å². The maximum Gasteiger partial charge on any atom is 0.249 e. The van der Waals surface area contributed by atoms with Crippen LogP contribution in [0.15, 0.2) is 0 Å². The van der Waals surface area contributed by atoms with Crippen LogP contribution in [-0.4, -0.2) is 43.3 Å². The third-order valence-electron chi connectivity index (χ3n) is 2.68. The van der Waals surface area contributed by atoms with E-state index in [2.05, 4.69) is 5.32 Å². The van der Waals surface area contributed by atoms with Crippen molar-refractivity contribution in [3.63, 3.8) is 0 Å². The highest BCUT2D eigenvalue weighted by atomic mass is 16.5. The van der Waals surface area contributed by atoms with Crippen molar-refractivity contribution < 1.29 is 9.53 Å². The summed E-state index contributed by atoms with van der Waals surface area (Å²) in [7, 11) is 0. The van der Waals surface area contributed by atoms with Crippen LogP contribution in [0.3, 0.4) is 0 Å². The molecule has 4 nitrogen and oxygen atoms in total. The largest absolute Gasteiger partial charge is 0.370 e. The predicted molar refractivity (Wildman–Crippen MR) is 48.2 cm³/mol. The summed E-state index contributed by atoms with van der Waals surface area (Å²) in [6, 6.07) is 0. The Morgan fingerprint density at radius 2 is 2.38 bits per heavy atom. The molecule has 4 heteroatoms. The number of carbonyl (C=O) groups excluding carboxylic acids is 1. The molecule has 0 aromatic heterocycles. The van der Waals surface area contributed by atoms with Crippen LogP contribution in [0, 0.1) is 0 Å². The fraction of sp³-hybridized carbons (Fsp3) is 0.889. The normalized spacial score (nSPS) is 30.6. The molecule has 1 amide bonds. The maximum atomic E-state index is 11.5. The van der Waals surface area contributed by atoms with Gasteiger partial charge in [0.2, 0.25) is 5.91 Å². The highest BCUT2D eigenvalue weighted by Crippen LogP contribution is 2.13. The molecule has 1 unspecified atom stereocenters. The monoisotopic (exact) mass is 184 g/mol. The van der Waals surface area contributed by atoms with Gasteiger partial charge in [-0.3, -0.25) is 10.1 Å². The third kappa shape index (κ3) is 2.00. The minimum Gasteiger partial charge on any atom is -0.370 e. The number of piperidine rings is 1. The van der Waals surface area contributed by atoms with Crippen molar-refractivity contribution in [1.82, 2.24) is 10.2 Å². The zero-order valence-corrected chi connectivity index (χ0v) is 7.79. The molecule has 2 heterocycles. The van der Waals surface area contributed by atoms with Crippen molar-refractivity contribution in [2.45, 2.75) is 25.4 Å². The molecule has 0 radical (unpaired) electrons. The van der Waals surface area contributed by atoms with Crippen LogP contribution in [-0.2, 0) is 9.53 Å². The Kier molecular flexibility index (Phi) is 2.80. The summed E-state index contributed by atoms with van der Waals surface area (Å²) < 4.78 is 5.08. The second-order valence-corrected chi connectivity index (χ2v) is 3.61. The Morgan fingerprint density at radius 1 is 1.46 bits per heavy atom. The van der Waals surface area contributed by atoms with E-state index in [1.807, 2.05) is 4.90 Å². The van der Waals surface area contributed by atoms with E-state index in [1.54, 1.807) is 0 Å². The van der Waals surface area contributed by atoms with E-state index in [1.165, 1.54) is 12.8 Å². The van der Waals surface area contributed by atoms with Gasteiger partial charge in [0.25, 0.3) is 0 Å². The fourth-order valence-electron chi connectivity index (χ4n) is 1.96. The Labute approximate surface area is 78.2 Å². The number of ether oxygens (including phenoxy) is 1. The summed E-state index contributed by atoms with van der Waals surface area (Å²) in [5.74, 6) is 0.130. The molecule has 0 bridgehead atoms. The number of hydrogen-bond donors (Lipinski definition) is 1. The first-order valence-corrected chi connectivity index (χ1v) is 4.98. The van der Waals surface area contributed by atoms with Gasteiger partial charge in [-0.05, 0) is 25.8 Å². The molecular weight excluding hydrogens is 168 g/mol. The van der Waals surface area contributed by atoms with E-state index in [4.69, 9.17) is 4.74 Å². The minimum absolute atomic E-state index is 0.130. The summed E-state index contributed by atoms with van der Waals surface area (Å²) >= 11 is 0. The Bertz CT molecular complexity index is 190. The van der Waals surface area contributed by atoms with E-state index in [9.17, 15) is 4.79 Å². The average molecular weight is 184 g/mol. The summed E-state index contributed by atoms with van der Waals surface area (Å²) in [5.41, 5.74) is 0. The lowest BCUT2D eigenvalue weighted by atomic mass is 10.1. The molecule has 0 aliphatic carbocycles. The summed E-state index contributed by atoms with van der Waals surface area (Å²) in [6.45, 7) is 2.73. The van der Waals surface area contributed by atoms with Crippen molar-refractivity contribution in [3.8, 4) is 0 Å². The quantitative estimate of drug-likeness (QED) is 0.621. The van der Waals surface area contributed by atoms with Crippen molar-refractivity contribution in [2.75, 3.05) is 26.3 Å². The van der Waals surface area contributed by atoms with Crippen molar-refractivity contribution in [3.05, 3.63) is 0 Å². The smallest absolute Gasteiger partial charge is 0.249 e. The highest BCUT2D eigenvalue weighted by molar-refractivity contribution is 5.78. The SMILES string of the molecule is O=C1COCCN1C1CCCCN1. The molecule has 2 rings (SSSR count). The zero-order valence-electron chi connectivity index (χ0n) is 7.79. The molecule has 2 aliphatic rings. The first kappa shape index (κ1) is 8.97. The van der Waals surface area contributed by atoms with E-state index < -0.39 is 0 Å². The molecule has 2 fully saturated rings. The van der Waals surface area contributed by atoms with Gasteiger partial charge in [-0.15, -0.1) is 0 Å². The van der Waals surface area contributed by atoms with Crippen LogP contribution < -0.4 is 5.32 Å². The lowest BCUT2D eigenvalue weighted by Crippen LogP contribution is -2.55. The van der Waals surface area contributed by atoms with Crippen LogP contribution in [0.5, 0.6) is 0 Å². The molecule has 1 N–H and O–H groups in total. The van der Waals surface area contributed by atoms with Gasteiger partial charge in [0.05, 0.1) is 12.8 Å². The van der Waals surface area contributed by atoms with Gasteiger partial charge in [0.15, 0.2) is 0 Å². The number of carbonyl (C=O) groups is 1. The Hall–Kier alpha value is -0.610. The molecule has 74 valence electrons. The lowest BCUT2D eigenvalue weighted by molar-refractivity contribution is -0.147. The van der Waals surface area contributed by atoms with Gasteiger partial charge >= 0.3 is 0 Å². The van der Waals surface area contributed by atoms with Gasteiger partial charge in [-0.1, -0.05) is 0 Å². The number of rotatable bonds is 1. The number of amides is 1. The van der Waals surface area contributed by atoms with E-state index >= 15 is 0 Å². The van der Waals surface area contributed by atoms with Crippen LogP contribution >= 0.6 is 0 Å². The number of nitrogens with zero attached hydrogens (tertiary/aromatic N) is 1. The second-order valence-electron chi connectivity index (χ2n) is 3.61. The van der Waals surface area contributed by atoms with Gasteiger partial charge in [-0.2, -0.15) is 0 Å². The molecule has 13 heavy (non-hydrogen) atoms. The number of nitrogens with one attached hydrogen (secondary N) is 1. The average Bonchev–Trinajstić information content (AvgIpc) is 2.20. The molecular formula is C9H16N2O2. The first-order valence-electron chi connectivity index (χ1n) is 4.98. The lowest BCUT2D eigenvalue weighted by Gasteiger charge is -2.37. The maximum absolute atomic E-state index is 11.5. The molecule has 2 saturated heterocycles. The van der Waals surface area contributed by atoms with Crippen LogP contribution in [0.1, 0.15) is 19.3 Å². The molecule has 1 atom stereocenters. The van der Waals surface area contributed by atoms with Crippen molar-refractivity contribution in [1.29, 1.82) is 0 Å². The number of morpholine rings is 1. The van der Waals surface area contributed by atoms with E-state index in [0.717, 1.165) is 19.5 Å². The first-order chi connectivity index (χ1) is 6.38. The van der Waals surface area contributed by atoms with Gasteiger partial charge < -0.3 is 9.64 Å². The molecule has 0 saturated carbocycles. The van der Waals surface area contributed by atoms with Crippen LogP contribution in [0.25, 0.3) is 0 Å². The molecule has 0 aromatic carbocycles. The van der Waals surface area contributed by atoms with Gasteiger partial charge in [-0.25, -0.2) is 0 Å². The van der Waals surface area contributed by atoms with Gasteiger partial charge in [0.1, 0.15) is 6.61 Å². The van der Waals surface area contributed by atoms with Crippen LogP contribution in [0.4, 0.5) is 0 Å². The number of hydrogen-bond acceptors (Lipinski definition) is 3. The Balaban J connectivity index is 1.92. The van der Waals surface area contributed by atoms with Gasteiger partial charge in [0, 0.05) is 6.54 Å². The second kappa shape index (κ2) is 4.07. The van der Waals surface area contributed by atoms with Crippen LogP contribution in [0.2, 0.25) is 0 Å². The Morgan fingerprint density at radius 3 is 3.08 bits per heavy atom. The minimum atomic E-state index is 0.130. The summed E-state index contributed by atoms with van der Waals surface area (Å²) in [5, 5.41) is 3.37. The standard InChI is InChI=1S/C9H16N2O2/c12-9-7-13-6-5-11(9)8-3-1-2-4-10-8/h8,10H,1-7H2. The zero-order chi connectivity index (χ0) is 9.10. The predicted octanol–water partition coefficient (Wildman–Crippen LogP) is -0.0552. The fourth-order valence-corrected chi connectivity index (χ4v) is 1.96. The highest BCUT2D eigenvalue weighted by Gasteiger charge is 2.27. The topological polar surface area (TPSA) is 41.6 Å². The molecule has 2 aliphatic heterocycles. The van der Waals surface area contributed by atoms with Crippen molar-refractivity contribution in [2.24, 2.45) is 0 Å². The third-order valence-corrected chi connectivity index (χ3v) is 2.68. The molecule has 0 spiro atoms. The summed E-state index contributed by atoms with van der Waals surface area (Å²) in [4.78, 5) is 13.4. The van der Waals surface area contributed by atoms with Crippen molar-refractivity contribution >= 4 is 5.91 Å².